The fraction of sp³-hybridized carbons (Fsp3) is 0.435. The average molecular weight is 419 g/mol. The number of likely N-dealkylation sites (tertiary alicyclic amines) is 1. The Kier molecular flexibility index (Phi) is 6.37. The number of halogens is 2. The van der Waals surface area contributed by atoms with Crippen molar-refractivity contribution < 1.29 is 14.3 Å². The molecule has 2 aromatic rings. The van der Waals surface area contributed by atoms with Crippen LogP contribution >= 0.6 is 11.6 Å². The van der Waals surface area contributed by atoms with Gasteiger partial charge in [0.15, 0.2) is 0 Å². The largest absolute Gasteiger partial charge is 0.465 e. The highest BCUT2D eigenvalue weighted by molar-refractivity contribution is 6.30. The van der Waals surface area contributed by atoms with Gasteiger partial charge >= 0.3 is 6.09 Å². The van der Waals surface area contributed by atoms with Crippen LogP contribution in [-0.2, 0) is 6.42 Å². The van der Waals surface area contributed by atoms with Crippen LogP contribution in [0.5, 0.6) is 0 Å². The summed E-state index contributed by atoms with van der Waals surface area (Å²) >= 11 is 6.23. The molecule has 156 valence electrons. The number of anilines is 1. The van der Waals surface area contributed by atoms with Crippen molar-refractivity contribution in [2.75, 3.05) is 11.9 Å². The van der Waals surface area contributed by atoms with Gasteiger partial charge in [0.05, 0.1) is 0 Å². The van der Waals surface area contributed by atoms with Gasteiger partial charge in [-0.3, -0.25) is 0 Å². The zero-order chi connectivity index (χ0) is 21.2. The van der Waals surface area contributed by atoms with Crippen LogP contribution in [-0.4, -0.2) is 34.7 Å². The molecule has 2 aromatic carbocycles. The molecule has 2 unspecified atom stereocenters. The van der Waals surface area contributed by atoms with Gasteiger partial charge in [-0.1, -0.05) is 44.5 Å². The van der Waals surface area contributed by atoms with Gasteiger partial charge in [0.25, 0.3) is 0 Å². The molecule has 6 heteroatoms. The van der Waals surface area contributed by atoms with E-state index in [1.54, 1.807) is 17.0 Å². The maximum absolute atomic E-state index is 13.2. The number of carbonyl (C=O) groups is 1. The Morgan fingerprint density at radius 3 is 2.55 bits per heavy atom. The third-order valence-corrected chi connectivity index (χ3v) is 5.82. The molecule has 1 aliphatic rings. The van der Waals surface area contributed by atoms with E-state index < -0.39 is 6.09 Å². The SMILES string of the molecule is CC(C)(C)C1CC(Nc2ccc(Cl)cc2Cc2ccc(F)cc2)CCN1C(=O)O. The van der Waals surface area contributed by atoms with Gasteiger partial charge < -0.3 is 15.3 Å². The van der Waals surface area contributed by atoms with Gasteiger partial charge in [0.1, 0.15) is 5.82 Å². The van der Waals surface area contributed by atoms with Crippen molar-refractivity contribution in [3.8, 4) is 0 Å². The third-order valence-electron chi connectivity index (χ3n) is 5.58. The normalized spacial score (nSPS) is 19.8. The third kappa shape index (κ3) is 5.41. The summed E-state index contributed by atoms with van der Waals surface area (Å²) in [5.74, 6) is -0.253. The second-order valence-electron chi connectivity index (χ2n) is 8.83. The van der Waals surface area contributed by atoms with Gasteiger partial charge in [0, 0.05) is 29.3 Å². The molecule has 29 heavy (non-hydrogen) atoms. The minimum absolute atomic E-state index is 0.0564. The molecule has 1 saturated heterocycles. The predicted octanol–water partition coefficient (Wildman–Crippen LogP) is 6.04. The van der Waals surface area contributed by atoms with Crippen molar-refractivity contribution >= 4 is 23.4 Å². The van der Waals surface area contributed by atoms with Gasteiger partial charge in [-0.25, -0.2) is 9.18 Å². The van der Waals surface area contributed by atoms with Crippen molar-refractivity contribution in [1.82, 2.24) is 4.90 Å². The molecule has 3 rings (SSSR count). The topological polar surface area (TPSA) is 52.6 Å². The van der Waals surface area contributed by atoms with Crippen LogP contribution in [0.15, 0.2) is 42.5 Å². The standard InChI is InChI=1S/C23H28ClFN2O2/c1-23(2,3)21-14-19(10-11-27(21)22(28)29)26-20-9-6-17(24)13-16(20)12-15-4-7-18(25)8-5-15/h4-9,13,19,21,26H,10-12,14H2,1-3H3,(H,28,29). The Hall–Kier alpha value is -2.27. The van der Waals surface area contributed by atoms with Gasteiger partial charge in [-0.15, -0.1) is 0 Å². The van der Waals surface area contributed by atoms with Crippen molar-refractivity contribution in [3.63, 3.8) is 0 Å². The minimum atomic E-state index is -0.855. The van der Waals surface area contributed by atoms with E-state index in [0.29, 0.717) is 18.0 Å². The highest BCUT2D eigenvalue weighted by Crippen LogP contribution is 2.34. The first-order chi connectivity index (χ1) is 13.6. The van der Waals surface area contributed by atoms with E-state index in [4.69, 9.17) is 11.6 Å². The molecular formula is C23H28ClFN2O2. The molecular weight excluding hydrogens is 391 g/mol. The lowest BCUT2D eigenvalue weighted by Crippen LogP contribution is -2.54. The number of amides is 1. The zero-order valence-corrected chi connectivity index (χ0v) is 17.8. The van der Waals surface area contributed by atoms with Crippen LogP contribution in [0.1, 0.15) is 44.7 Å². The van der Waals surface area contributed by atoms with Crippen molar-refractivity contribution in [3.05, 3.63) is 64.4 Å². The van der Waals surface area contributed by atoms with E-state index in [2.05, 4.69) is 26.1 Å². The maximum atomic E-state index is 13.2. The number of piperidine rings is 1. The smallest absolute Gasteiger partial charge is 0.407 e. The number of nitrogens with one attached hydrogen (secondary N) is 1. The van der Waals surface area contributed by atoms with Gasteiger partial charge in [-0.2, -0.15) is 0 Å². The maximum Gasteiger partial charge on any atom is 0.407 e. The zero-order valence-electron chi connectivity index (χ0n) is 17.1. The first kappa shape index (κ1) is 21.4. The highest BCUT2D eigenvalue weighted by Gasteiger charge is 2.38. The van der Waals surface area contributed by atoms with Crippen molar-refractivity contribution in [2.24, 2.45) is 5.41 Å². The molecule has 0 radical (unpaired) electrons. The number of hydrogen-bond donors (Lipinski definition) is 2. The molecule has 1 aliphatic heterocycles. The van der Waals surface area contributed by atoms with Crippen LogP contribution in [0.3, 0.4) is 0 Å². The average Bonchev–Trinajstić information content (AvgIpc) is 2.65. The molecule has 4 nitrogen and oxygen atoms in total. The molecule has 1 fully saturated rings. The first-order valence-corrected chi connectivity index (χ1v) is 10.3. The second kappa shape index (κ2) is 8.62. The van der Waals surface area contributed by atoms with Crippen LogP contribution in [0.25, 0.3) is 0 Å². The predicted molar refractivity (Wildman–Crippen MR) is 115 cm³/mol. The molecule has 1 amide bonds. The Morgan fingerprint density at radius 1 is 1.24 bits per heavy atom. The quantitative estimate of drug-likeness (QED) is 0.636. The second-order valence-corrected chi connectivity index (χ2v) is 9.26. The number of hydrogen-bond acceptors (Lipinski definition) is 2. The minimum Gasteiger partial charge on any atom is -0.465 e. The van der Waals surface area contributed by atoms with E-state index in [1.165, 1.54) is 12.1 Å². The summed E-state index contributed by atoms with van der Waals surface area (Å²) in [5.41, 5.74) is 2.89. The molecule has 2 atom stereocenters. The van der Waals surface area contributed by atoms with Crippen LogP contribution < -0.4 is 5.32 Å². The number of benzene rings is 2. The van der Waals surface area contributed by atoms with Crippen LogP contribution in [0, 0.1) is 11.2 Å². The summed E-state index contributed by atoms with van der Waals surface area (Å²) in [6.45, 7) is 6.75. The summed E-state index contributed by atoms with van der Waals surface area (Å²) in [7, 11) is 0. The lowest BCUT2D eigenvalue weighted by atomic mass is 9.79. The number of carboxylic acid groups (broad SMARTS) is 1. The fourth-order valence-electron chi connectivity index (χ4n) is 4.04. The van der Waals surface area contributed by atoms with E-state index in [0.717, 1.165) is 29.7 Å². The molecule has 0 saturated carbocycles. The molecule has 0 aromatic heterocycles. The summed E-state index contributed by atoms with van der Waals surface area (Å²) < 4.78 is 13.2. The lowest BCUT2D eigenvalue weighted by Gasteiger charge is -2.45. The van der Waals surface area contributed by atoms with Crippen LogP contribution in [0.2, 0.25) is 5.02 Å². The Bertz CT molecular complexity index is 864. The van der Waals surface area contributed by atoms with E-state index in [9.17, 15) is 14.3 Å². The van der Waals surface area contributed by atoms with E-state index in [1.807, 2.05) is 18.2 Å². The number of nitrogens with zero attached hydrogens (tertiary/aromatic N) is 1. The summed E-state index contributed by atoms with van der Waals surface area (Å²) in [5, 5.41) is 13.8. The van der Waals surface area contributed by atoms with Crippen molar-refractivity contribution in [2.45, 2.75) is 52.1 Å². The Balaban J connectivity index is 1.79. The molecule has 0 bridgehead atoms. The molecule has 0 spiro atoms. The van der Waals surface area contributed by atoms with Gasteiger partial charge in [0.2, 0.25) is 0 Å². The molecule has 2 N–H and O–H groups in total. The number of rotatable bonds is 4. The summed E-state index contributed by atoms with van der Waals surface area (Å²) in [4.78, 5) is 13.2. The van der Waals surface area contributed by atoms with E-state index in [-0.39, 0.29) is 23.3 Å². The summed E-state index contributed by atoms with van der Waals surface area (Å²) in [6, 6.07) is 12.3. The summed E-state index contributed by atoms with van der Waals surface area (Å²) in [6.07, 6.45) is 1.28. The Morgan fingerprint density at radius 2 is 1.93 bits per heavy atom. The van der Waals surface area contributed by atoms with Crippen molar-refractivity contribution in [1.29, 1.82) is 0 Å². The van der Waals surface area contributed by atoms with Gasteiger partial charge in [-0.05, 0) is 66.1 Å². The monoisotopic (exact) mass is 418 g/mol. The molecule has 1 heterocycles. The fourth-order valence-corrected chi connectivity index (χ4v) is 4.23. The highest BCUT2D eigenvalue weighted by atomic mass is 35.5. The lowest BCUT2D eigenvalue weighted by molar-refractivity contribution is 0.0557. The van der Waals surface area contributed by atoms with E-state index >= 15 is 0 Å². The molecule has 0 aliphatic carbocycles. The van der Waals surface area contributed by atoms with Crippen LogP contribution in [0.4, 0.5) is 14.9 Å². The Labute approximate surface area is 176 Å². The first-order valence-electron chi connectivity index (χ1n) is 9.92.